The number of carbonyl (C=O) groups excluding carboxylic acids is 1. The van der Waals surface area contributed by atoms with Crippen LogP contribution < -0.4 is 25.1 Å². The van der Waals surface area contributed by atoms with E-state index in [-0.39, 0.29) is 11.5 Å². The summed E-state index contributed by atoms with van der Waals surface area (Å²) in [6, 6.07) is 17.8. The van der Waals surface area contributed by atoms with Crippen molar-refractivity contribution < 1.29 is 19.0 Å². The summed E-state index contributed by atoms with van der Waals surface area (Å²) in [7, 11) is 4.65. The van der Waals surface area contributed by atoms with Gasteiger partial charge < -0.3 is 19.5 Å². The van der Waals surface area contributed by atoms with E-state index in [9.17, 15) is 9.59 Å². The topological polar surface area (TPSA) is 103 Å². The molecule has 1 aromatic heterocycles. The van der Waals surface area contributed by atoms with E-state index in [1.54, 1.807) is 43.5 Å². The first-order chi connectivity index (χ1) is 16.0. The number of ether oxygens (including phenoxy) is 3. The molecule has 4 rings (SSSR count). The van der Waals surface area contributed by atoms with Gasteiger partial charge in [0.15, 0.2) is 11.5 Å². The Morgan fingerprint density at radius 3 is 2.48 bits per heavy atom. The predicted molar refractivity (Wildman–Crippen MR) is 126 cm³/mol. The van der Waals surface area contributed by atoms with Crippen molar-refractivity contribution in [3.05, 3.63) is 87.8 Å². The number of carbonyl (C=O) groups is 1. The Labute approximate surface area is 190 Å². The number of fused-ring (bicyclic) bond motifs is 1. The van der Waals surface area contributed by atoms with Crippen molar-refractivity contribution in [2.75, 3.05) is 26.6 Å². The van der Waals surface area contributed by atoms with Crippen LogP contribution >= 0.6 is 0 Å². The number of methoxy groups -OCH3 is 3. The molecule has 168 valence electrons. The van der Waals surface area contributed by atoms with Crippen LogP contribution in [0.3, 0.4) is 0 Å². The van der Waals surface area contributed by atoms with Gasteiger partial charge >= 0.3 is 0 Å². The molecular formula is C25H23N3O5. The van der Waals surface area contributed by atoms with Crippen LogP contribution in [-0.4, -0.2) is 37.4 Å². The zero-order valence-corrected chi connectivity index (χ0v) is 18.5. The van der Waals surface area contributed by atoms with E-state index in [2.05, 4.69) is 15.5 Å². The van der Waals surface area contributed by atoms with Gasteiger partial charge in [-0.05, 0) is 48.0 Å². The summed E-state index contributed by atoms with van der Waals surface area (Å²) in [5, 5.41) is 10.8. The number of rotatable bonds is 7. The molecule has 8 nitrogen and oxygen atoms in total. The van der Waals surface area contributed by atoms with Crippen LogP contribution in [-0.2, 0) is 6.42 Å². The average molecular weight is 445 g/mol. The fourth-order valence-electron chi connectivity index (χ4n) is 3.59. The molecule has 2 N–H and O–H groups in total. The maximum Gasteiger partial charge on any atom is 0.272 e. The van der Waals surface area contributed by atoms with Gasteiger partial charge in [0.1, 0.15) is 5.75 Å². The minimum absolute atomic E-state index is 0.332. The van der Waals surface area contributed by atoms with Gasteiger partial charge in [-0.2, -0.15) is 5.10 Å². The summed E-state index contributed by atoms with van der Waals surface area (Å²) in [4.78, 5) is 25.2. The van der Waals surface area contributed by atoms with Gasteiger partial charge in [0.05, 0.1) is 32.4 Å². The molecule has 0 fully saturated rings. The number of hydrogen-bond acceptors (Lipinski definition) is 6. The van der Waals surface area contributed by atoms with Crippen LogP contribution in [0.4, 0.5) is 5.69 Å². The van der Waals surface area contributed by atoms with Gasteiger partial charge in [0, 0.05) is 23.1 Å². The smallest absolute Gasteiger partial charge is 0.272 e. The van der Waals surface area contributed by atoms with Crippen molar-refractivity contribution in [3.8, 4) is 17.2 Å². The molecule has 0 atom stereocenters. The van der Waals surface area contributed by atoms with E-state index < -0.39 is 0 Å². The highest BCUT2D eigenvalue weighted by Crippen LogP contribution is 2.28. The number of nitrogens with zero attached hydrogens (tertiary/aromatic N) is 1. The normalized spacial score (nSPS) is 10.6. The van der Waals surface area contributed by atoms with Gasteiger partial charge in [-0.1, -0.05) is 18.2 Å². The van der Waals surface area contributed by atoms with E-state index >= 15 is 0 Å². The molecule has 0 unspecified atom stereocenters. The van der Waals surface area contributed by atoms with Crippen LogP contribution in [0.5, 0.6) is 17.2 Å². The van der Waals surface area contributed by atoms with Crippen LogP contribution in [0.15, 0.2) is 65.5 Å². The standard InChI is InChI=1S/C25H23N3O5/c1-31-18-6-4-5-15(11-18)12-21-19-9-8-17(14-20(19)25(30)28-27-21)26-24(29)16-7-10-22(32-2)23(13-16)33-3/h4-11,13-14H,12H2,1-3H3,(H,26,29)(H,28,30). The third-order valence-electron chi connectivity index (χ3n) is 5.28. The summed E-state index contributed by atoms with van der Waals surface area (Å²) in [5.41, 5.74) is 2.28. The lowest BCUT2D eigenvalue weighted by atomic mass is 10.0. The Hall–Kier alpha value is -4.33. The molecule has 33 heavy (non-hydrogen) atoms. The highest BCUT2D eigenvalue weighted by molar-refractivity contribution is 6.05. The number of H-pyrrole nitrogens is 1. The molecule has 1 amide bonds. The van der Waals surface area contributed by atoms with E-state index in [0.717, 1.165) is 17.0 Å². The molecule has 3 aromatic carbocycles. The number of nitrogens with one attached hydrogen (secondary N) is 2. The van der Waals surface area contributed by atoms with Gasteiger partial charge in [-0.15, -0.1) is 0 Å². The largest absolute Gasteiger partial charge is 0.497 e. The van der Waals surface area contributed by atoms with Gasteiger partial charge in [0.2, 0.25) is 0 Å². The van der Waals surface area contributed by atoms with Crippen LogP contribution in [0.1, 0.15) is 21.6 Å². The molecule has 0 aliphatic rings. The third kappa shape index (κ3) is 4.64. The van der Waals surface area contributed by atoms with Crippen molar-refractivity contribution in [1.29, 1.82) is 0 Å². The molecule has 0 saturated carbocycles. The molecule has 0 saturated heterocycles. The first-order valence-electron chi connectivity index (χ1n) is 10.2. The van der Waals surface area contributed by atoms with Gasteiger partial charge in [-0.25, -0.2) is 5.10 Å². The summed E-state index contributed by atoms with van der Waals surface area (Å²) >= 11 is 0. The summed E-state index contributed by atoms with van der Waals surface area (Å²) in [5.74, 6) is 1.40. The zero-order valence-electron chi connectivity index (χ0n) is 18.5. The van der Waals surface area contributed by atoms with E-state index in [1.165, 1.54) is 14.2 Å². The molecule has 0 aliphatic carbocycles. The van der Waals surface area contributed by atoms with Crippen molar-refractivity contribution in [2.45, 2.75) is 6.42 Å². The lowest BCUT2D eigenvalue weighted by Gasteiger charge is -2.11. The molecular weight excluding hydrogens is 422 g/mol. The van der Waals surface area contributed by atoms with E-state index in [0.29, 0.717) is 39.9 Å². The summed E-state index contributed by atoms with van der Waals surface area (Å²) in [6.07, 6.45) is 0.516. The molecule has 0 spiro atoms. The minimum atomic E-state index is -0.336. The average Bonchev–Trinajstić information content (AvgIpc) is 2.85. The van der Waals surface area contributed by atoms with Crippen LogP contribution in [0, 0.1) is 0 Å². The molecule has 1 heterocycles. The van der Waals surface area contributed by atoms with Crippen molar-refractivity contribution in [3.63, 3.8) is 0 Å². The Balaban J connectivity index is 1.62. The highest BCUT2D eigenvalue weighted by atomic mass is 16.5. The van der Waals surface area contributed by atoms with Crippen molar-refractivity contribution in [2.24, 2.45) is 0 Å². The SMILES string of the molecule is COc1cccc(Cc2n[nH]c(=O)c3cc(NC(=O)c4ccc(OC)c(OC)c4)ccc23)c1. The second-order valence-electron chi connectivity index (χ2n) is 7.31. The monoisotopic (exact) mass is 445 g/mol. The lowest BCUT2D eigenvalue weighted by molar-refractivity contribution is 0.102. The van der Waals surface area contributed by atoms with Crippen LogP contribution in [0.25, 0.3) is 10.8 Å². The van der Waals surface area contributed by atoms with Gasteiger partial charge in [-0.3, -0.25) is 9.59 Å². The Morgan fingerprint density at radius 2 is 1.73 bits per heavy atom. The number of anilines is 1. The molecule has 0 radical (unpaired) electrons. The maximum absolute atomic E-state index is 12.8. The summed E-state index contributed by atoms with van der Waals surface area (Å²) < 4.78 is 15.8. The second kappa shape index (κ2) is 9.44. The van der Waals surface area contributed by atoms with E-state index in [1.807, 2.05) is 24.3 Å². The fraction of sp³-hybridized carbons (Fsp3) is 0.160. The van der Waals surface area contributed by atoms with Crippen LogP contribution in [0.2, 0.25) is 0 Å². The van der Waals surface area contributed by atoms with E-state index in [4.69, 9.17) is 14.2 Å². The minimum Gasteiger partial charge on any atom is -0.497 e. The first kappa shape index (κ1) is 21.9. The predicted octanol–water partition coefficient (Wildman–Crippen LogP) is 3.79. The molecule has 0 bridgehead atoms. The number of aromatic amines is 1. The summed E-state index contributed by atoms with van der Waals surface area (Å²) in [6.45, 7) is 0. The molecule has 0 aliphatic heterocycles. The first-order valence-corrected chi connectivity index (χ1v) is 10.2. The highest BCUT2D eigenvalue weighted by Gasteiger charge is 2.13. The second-order valence-corrected chi connectivity index (χ2v) is 7.31. The maximum atomic E-state index is 12.8. The van der Waals surface area contributed by atoms with Crippen molar-refractivity contribution in [1.82, 2.24) is 10.2 Å². The number of hydrogen-bond donors (Lipinski definition) is 2. The van der Waals surface area contributed by atoms with Gasteiger partial charge in [0.25, 0.3) is 11.5 Å². The Bertz CT molecular complexity index is 1380. The lowest BCUT2D eigenvalue weighted by Crippen LogP contribution is -2.14. The number of benzene rings is 3. The van der Waals surface area contributed by atoms with Crippen molar-refractivity contribution >= 4 is 22.4 Å². The number of amides is 1. The Morgan fingerprint density at radius 1 is 0.909 bits per heavy atom. The quantitative estimate of drug-likeness (QED) is 0.449. The zero-order chi connectivity index (χ0) is 23.4. The Kier molecular flexibility index (Phi) is 6.26. The molecule has 8 heteroatoms. The molecule has 4 aromatic rings. The third-order valence-corrected chi connectivity index (χ3v) is 5.28. The fourth-order valence-corrected chi connectivity index (χ4v) is 3.59. The number of aromatic nitrogens is 2.